The van der Waals surface area contributed by atoms with E-state index in [-0.39, 0.29) is 0 Å². The Labute approximate surface area is 219 Å². The number of aromatic nitrogens is 5. The van der Waals surface area contributed by atoms with Crippen LogP contribution >= 0.6 is 0 Å². The Bertz CT molecular complexity index is 1850. The van der Waals surface area contributed by atoms with Crippen LogP contribution in [-0.2, 0) is 6.61 Å². The Morgan fingerprint density at radius 3 is 2.63 bits per heavy atom. The minimum Gasteiger partial charge on any atom is -0.488 e. The zero-order valence-electron chi connectivity index (χ0n) is 21.8. The van der Waals surface area contributed by atoms with Crippen LogP contribution in [-0.4, -0.2) is 24.7 Å². The third kappa shape index (κ3) is 3.51. The topological polar surface area (TPSA) is 98.8 Å². The summed E-state index contributed by atoms with van der Waals surface area (Å²) in [7, 11) is 0. The maximum atomic E-state index is 11.8. The molecule has 0 bridgehead atoms. The smallest absolute Gasteiger partial charge is 0.439 e. The van der Waals surface area contributed by atoms with E-state index in [1.54, 1.807) is 0 Å². The first-order valence-corrected chi connectivity index (χ1v) is 12.9. The average Bonchev–Trinajstić information content (AvgIpc) is 3.57. The van der Waals surface area contributed by atoms with Crippen LogP contribution in [0.15, 0.2) is 51.8 Å². The van der Waals surface area contributed by atoms with E-state index in [0.29, 0.717) is 18.3 Å². The van der Waals surface area contributed by atoms with Gasteiger partial charge in [-0.15, -0.1) is 0 Å². The van der Waals surface area contributed by atoms with Gasteiger partial charge in [0.25, 0.3) is 0 Å². The molecule has 1 aliphatic heterocycles. The van der Waals surface area contributed by atoms with Crippen molar-refractivity contribution in [3.63, 3.8) is 0 Å². The molecule has 5 aromatic rings. The van der Waals surface area contributed by atoms with Gasteiger partial charge < -0.3 is 4.74 Å². The Hall–Kier alpha value is -4.46. The van der Waals surface area contributed by atoms with Crippen molar-refractivity contribution in [3.8, 4) is 11.4 Å². The molecule has 0 atom stereocenters. The minimum atomic E-state index is -0.580. The number of aromatic amines is 1. The highest BCUT2D eigenvalue weighted by Crippen LogP contribution is 2.45. The largest absolute Gasteiger partial charge is 0.488 e. The molecule has 1 N–H and O–H groups in total. The maximum absolute atomic E-state index is 11.8. The molecule has 0 radical (unpaired) electrons. The van der Waals surface area contributed by atoms with Crippen molar-refractivity contribution < 1.29 is 9.26 Å². The fourth-order valence-corrected chi connectivity index (χ4v) is 5.63. The average molecular weight is 506 g/mol. The number of allylic oxidation sites excluding steroid dienone is 1. The third-order valence-electron chi connectivity index (χ3n) is 7.54. The Morgan fingerprint density at radius 1 is 1.05 bits per heavy atom. The van der Waals surface area contributed by atoms with Gasteiger partial charge in [-0.2, -0.15) is 0 Å². The van der Waals surface area contributed by atoms with Crippen LogP contribution in [0.25, 0.3) is 28.0 Å². The van der Waals surface area contributed by atoms with Gasteiger partial charge in [0, 0.05) is 28.8 Å². The number of imidazole rings is 1. The summed E-state index contributed by atoms with van der Waals surface area (Å²) in [6.45, 7) is 8.60. The Balaban J connectivity index is 1.50. The van der Waals surface area contributed by atoms with Crippen LogP contribution in [0.5, 0.6) is 5.75 Å². The summed E-state index contributed by atoms with van der Waals surface area (Å²) in [6, 6.07) is 14.6. The van der Waals surface area contributed by atoms with E-state index in [1.165, 1.54) is 0 Å². The number of benzene rings is 2. The molecule has 0 saturated heterocycles. The molecule has 190 valence electrons. The lowest BCUT2D eigenvalue weighted by Gasteiger charge is -2.18. The van der Waals surface area contributed by atoms with E-state index in [4.69, 9.17) is 19.2 Å². The van der Waals surface area contributed by atoms with Crippen molar-refractivity contribution in [3.05, 3.63) is 98.2 Å². The van der Waals surface area contributed by atoms with Crippen molar-refractivity contribution in [2.75, 3.05) is 0 Å². The molecule has 3 aromatic heterocycles. The van der Waals surface area contributed by atoms with E-state index in [2.05, 4.69) is 58.9 Å². The molecule has 2 aliphatic rings. The van der Waals surface area contributed by atoms with Gasteiger partial charge in [0.2, 0.25) is 0 Å². The van der Waals surface area contributed by atoms with Crippen LogP contribution in [0.4, 0.5) is 0 Å². The maximum Gasteiger partial charge on any atom is 0.439 e. The molecule has 7 rings (SSSR count). The van der Waals surface area contributed by atoms with Gasteiger partial charge >= 0.3 is 5.76 Å². The van der Waals surface area contributed by atoms with E-state index in [0.717, 1.165) is 85.9 Å². The summed E-state index contributed by atoms with van der Waals surface area (Å²) in [5.41, 5.74) is 10.8. The van der Waals surface area contributed by atoms with E-state index < -0.39 is 5.76 Å². The highest BCUT2D eigenvalue weighted by molar-refractivity contribution is 6.00. The number of rotatable bonds is 3. The fraction of sp³-hybridized carbons (Fsp3) is 0.267. The Morgan fingerprint density at radius 2 is 1.87 bits per heavy atom. The standard InChI is InChI=1S/C30H27N5O3/c1-15-12-21(35-28(19-9-10-19)32-26-16(2)11-17(3)31-29(26)35)13-23-24(15)25(18(4)27-33-30(36)38-34-27)22-8-6-5-7-20(22)14-37-23/h5-8,11-13,19H,9-10,14H2,1-4H3,(H,33,34,36)/b25-18+. The molecule has 8 nitrogen and oxygen atoms in total. The van der Waals surface area contributed by atoms with Crippen LogP contribution in [0, 0.1) is 20.8 Å². The van der Waals surface area contributed by atoms with E-state index in [1.807, 2.05) is 26.0 Å². The van der Waals surface area contributed by atoms with Crippen LogP contribution in [0.2, 0.25) is 0 Å². The number of fused-ring (bicyclic) bond motifs is 3. The molecular formula is C30H27N5O3. The first-order chi connectivity index (χ1) is 18.4. The monoisotopic (exact) mass is 505 g/mol. The predicted octanol–water partition coefficient (Wildman–Crippen LogP) is 5.77. The molecule has 0 amide bonds. The van der Waals surface area contributed by atoms with Crippen LogP contribution < -0.4 is 10.5 Å². The number of nitrogens with zero attached hydrogens (tertiary/aromatic N) is 4. The van der Waals surface area contributed by atoms with E-state index in [9.17, 15) is 4.79 Å². The van der Waals surface area contributed by atoms with Gasteiger partial charge in [-0.3, -0.25) is 14.1 Å². The molecule has 0 spiro atoms. The second-order valence-electron chi connectivity index (χ2n) is 10.4. The summed E-state index contributed by atoms with van der Waals surface area (Å²) in [4.78, 5) is 24.5. The van der Waals surface area contributed by atoms with Gasteiger partial charge in [0.1, 0.15) is 23.7 Å². The number of aryl methyl sites for hydroxylation is 3. The van der Waals surface area contributed by atoms with Gasteiger partial charge in [-0.1, -0.05) is 29.4 Å². The molecule has 4 heterocycles. The summed E-state index contributed by atoms with van der Waals surface area (Å²) >= 11 is 0. The van der Waals surface area contributed by atoms with Crippen molar-refractivity contribution >= 4 is 22.3 Å². The lowest BCUT2D eigenvalue weighted by atomic mass is 9.88. The van der Waals surface area contributed by atoms with E-state index >= 15 is 0 Å². The van der Waals surface area contributed by atoms with Crippen LogP contribution in [0.1, 0.15) is 70.8 Å². The van der Waals surface area contributed by atoms with Crippen molar-refractivity contribution in [2.24, 2.45) is 0 Å². The van der Waals surface area contributed by atoms with Crippen molar-refractivity contribution in [2.45, 2.75) is 53.1 Å². The summed E-state index contributed by atoms with van der Waals surface area (Å²) in [5.74, 6) is 2.09. The zero-order valence-corrected chi connectivity index (χ0v) is 21.8. The SMILES string of the molecule is C/C(=C1/c2ccccc2COc2cc(-n3c(C4CC4)nc4c(C)cc(C)nc43)cc(C)c21)c1noc(=O)[nH]1. The van der Waals surface area contributed by atoms with Gasteiger partial charge in [0.15, 0.2) is 11.5 Å². The lowest BCUT2D eigenvalue weighted by Crippen LogP contribution is -2.05. The number of pyridine rings is 1. The first-order valence-electron chi connectivity index (χ1n) is 12.9. The fourth-order valence-electron chi connectivity index (χ4n) is 5.63. The molecular weight excluding hydrogens is 478 g/mol. The second kappa shape index (κ2) is 8.28. The summed E-state index contributed by atoms with van der Waals surface area (Å²) in [5, 5.41) is 3.98. The van der Waals surface area contributed by atoms with Gasteiger partial charge in [-0.25, -0.2) is 14.8 Å². The molecule has 1 saturated carbocycles. The first kappa shape index (κ1) is 22.7. The molecule has 2 aromatic carbocycles. The molecule has 0 unspecified atom stereocenters. The van der Waals surface area contributed by atoms with Gasteiger partial charge in [-0.05, 0) is 80.5 Å². The number of H-pyrrole nitrogens is 1. The molecule has 8 heteroatoms. The zero-order chi connectivity index (χ0) is 26.1. The highest BCUT2D eigenvalue weighted by atomic mass is 16.5. The molecule has 1 aliphatic carbocycles. The summed E-state index contributed by atoms with van der Waals surface area (Å²) < 4.78 is 13.5. The third-order valence-corrected chi connectivity index (χ3v) is 7.54. The highest BCUT2D eigenvalue weighted by Gasteiger charge is 2.32. The van der Waals surface area contributed by atoms with Crippen molar-refractivity contribution in [1.82, 2.24) is 24.7 Å². The normalized spacial score (nSPS) is 16.1. The quantitative estimate of drug-likeness (QED) is 0.334. The summed E-state index contributed by atoms with van der Waals surface area (Å²) in [6.07, 6.45) is 2.28. The van der Waals surface area contributed by atoms with Crippen molar-refractivity contribution in [1.29, 1.82) is 0 Å². The predicted molar refractivity (Wildman–Crippen MR) is 145 cm³/mol. The number of hydrogen-bond donors (Lipinski definition) is 1. The molecule has 38 heavy (non-hydrogen) atoms. The number of ether oxygens (including phenoxy) is 1. The lowest BCUT2D eigenvalue weighted by molar-refractivity contribution is 0.307. The number of hydrogen-bond acceptors (Lipinski definition) is 6. The number of nitrogens with one attached hydrogen (secondary N) is 1. The molecule has 1 fully saturated rings. The minimum absolute atomic E-state index is 0.405. The Kier molecular flexibility index (Phi) is 4.95. The van der Waals surface area contributed by atoms with Crippen LogP contribution in [0.3, 0.4) is 0 Å². The van der Waals surface area contributed by atoms with Gasteiger partial charge in [0.05, 0.1) is 5.69 Å². The second-order valence-corrected chi connectivity index (χ2v) is 10.4.